The Kier molecular flexibility index (Phi) is 4.74. The number of carbonyl (C=O) groups is 1. The van der Waals surface area contributed by atoms with Gasteiger partial charge in [0, 0.05) is 24.4 Å². The topological polar surface area (TPSA) is 32.3 Å². The first-order chi connectivity index (χ1) is 8.18. The molecule has 2 aliphatic rings. The first-order valence-electron chi connectivity index (χ1n) is 6.85. The number of nitrogens with one attached hydrogen (secondary N) is 1. The highest BCUT2D eigenvalue weighted by Crippen LogP contribution is 2.26. The SMILES string of the molecule is CC(NC1CCSC1C)C(=O)N1CCCCC1. The van der Waals surface area contributed by atoms with E-state index in [1.54, 1.807) is 0 Å². The average Bonchev–Trinajstić information content (AvgIpc) is 2.75. The van der Waals surface area contributed by atoms with Crippen LogP contribution in [0.1, 0.15) is 39.5 Å². The summed E-state index contributed by atoms with van der Waals surface area (Å²) in [4.78, 5) is 14.3. The summed E-state index contributed by atoms with van der Waals surface area (Å²) in [6.45, 7) is 6.19. The number of likely N-dealkylation sites (tertiary alicyclic amines) is 1. The molecule has 3 unspecified atom stereocenters. The largest absolute Gasteiger partial charge is 0.341 e. The summed E-state index contributed by atoms with van der Waals surface area (Å²) in [5.74, 6) is 1.53. The second kappa shape index (κ2) is 6.10. The summed E-state index contributed by atoms with van der Waals surface area (Å²) in [7, 11) is 0. The van der Waals surface area contributed by atoms with E-state index in [9.17, 15) is 4.79 Å². The van der Waals surface area contributed by atoms with E-state index in [0.29, 0.717) is 17.2 Å². The normalized spacial score (nSPS) is 31.5. The molecule has 0 saturated carbocycles. The van der Waals surface area contributed by atoms with Crippen LogP contribution in [0.2, 0.25) is 0 Å². The van der Waals surface area contributed by atoms with Crippen molar-refractivity contribution >= 4 is 17.7 Å². The molecule has 98 valence electrons. The van der Waals surface area contributed by atoms with Gasteiger partial charge in [0.05, 0.1) is 6.04 Å². The summed E-state index contributed by atoms with van der Waals surface area (Å²) in [6.07, 6.45) is 4.83. The third-order valence-corrected chi connectivity index (χ3v) is 5.20. The Morgan fingerprint density at radius 3 is 2.65 bits per heavy atom. The Balaban J connectivity index is 1.81. The summed E-state index contributed by atoms with van der Waals surface area (Å²) < 4.78 is 0. The number of hydrogen-bond donors (Lipinski definition) is 1. The zero-order chi connectivity index (χ0) is 12.3. The summed E-state index contributed by atoms with van der Waals surface area (Å²) >= 11 is 2.01. The molecule has 2 saturated heterocycles. The van der Waals surface area contributed by atoms with Crippen molar-refractivity contribution in [2.45, 2.75) is 56.9 Å². The molecule has 0 spiro atoms. The lowest BCUT2D eigenvalue weighted by Gasteiger charge is -2.31. The van der Waals surface area contributed by atoms with Gasteiger partial charge in [-0.2, -0.15) is 11.8 Å². The van der Waals surface area contributed by atoms with Gasteiger partial charge in [-0.05, 0) is 38.4 Å². The number of piperidine rings is 1. The summed E-state index contributed by atoms with van der Waals surface area (Å²) in [6, 6.07) is 0.503. The minimum absolute atomic E-state index is 0.0146. The highest BCUT2D eigenvalue weighted by molar-refractivity contribution is 8.00. The van der Waals surface area contributed by atoms with Gasteiger partial charge >= 0.3 is 0 Å². The lowest BCUT2D eigenvalue weighted by molar-refractivity contribution is -0.134. The van der Waals surface area contributed by atoms with Crippen molar-refractivity contribution in [3.63, 3.8) is 0 Å². The van der Waals surface area contributed by atoms with Gasteiger partial charge in [-0.15, -0.1) is 0 Å². The third kappa shape index (κ3) is 3.38. The van der Waals surface area contributed by atoms with E-state index < -0.39 is 0 Å². The van der Waals surface area contributed by atoms with E-state index in [1.165, 1.54) is 31.4 Å². The zero-order valence-corrected chi connectivity index (χ0v) is 11.8. The van der Waals surface area contributed by atoms with Gasteiger partial charge in [0.15, 0.2) is 0 Å². The van der Waals surface area contributed by atoms with Gasteiger partial charge in [0.1, 0.15) is 0 Å². The fourth-order valence-electron chi connectivity index (χ4n) is 2.73. The number of carbonyl (C=O) groups excluding carboxylic acids is 1. The maximum absolute atomic E-state index is 12.2. The van der Waals surface area contributed by atoms with Gasteiger partial charge in [-0.1, -0.05) is 6.92 Å². The van der Waals surface area contributed by atoms with Crippen molar-refractivity contribution in [3.05, 3.63) is 0 Å². The molecule has 0 aromatic heterocycles. The number of amides is 1. The van der Waals surface area contributed by atoms with E-state index in [4.69, 9.17) is 0 Å². The quantitative estimate of drug-likeness (QED) is 0.836. The van der Waals surface area contributed by atoms with E-state index in [-0.39, 0.29) is 6.04 Å². The lowest BCUT2D eigenvalue weighted by atomic mass is 10.1. The Morgan fingerprint density at radius 1 is 1.35 bits per heavy atom. The van der Waals surface area contributed by atoms with E-state index in [1.807, 2.05) is 23.6 Å². The Morgan fingerprint density at radius 2 is 2.06 bits per heavy atom. The Labute approximate surface area is 109 Å². The number of thioether (sulfide) groups is 1. The molecule has 0 aromatic rings. The fraction of sp³-hybridized carbons (Fsp3) is 0.923. The number of hydrogen-bond acceptors (Lipinski definition) is 3. The molecule has 2 rings (SSSR count). The minimum atomic E-state index is -0.0146. The van der Waals surface area contributed by atoms with Gasteiger partial charge in [-0.3, -0.25) is 4.79 Å². The molecule has 2 heterocycles. The van der Waals surface area contributed by atoms with Gasteiger partial charge in [-0.25, -0.2) is 0 Å². The second-order valence-corrected chi connectivity index (χ2v) is 6.73. The summed E-state index contributed by atoms with van der Waals surface area (Å²) in [5.41, 5.74) is 0. The monoisotopic (exact) mass is 256 g/mol. The van der Waals surface area contributed by atoms with Crippen molar-refractivity contribution in [1.82, 2.24) is 10.2 Å². The molecule has 4 heteroatoms. The van der Waals surface area contributed by atoms with Crippen LogP contribution < -0.4 is 5.32 Å². The highest BCUT2D eigenvalue weighted by atomic mass is 32.2. The molecule has 1 amide bonds. The van der Waals surface area contributed by atoms with Crippen molar-refractivity contribution in [3.8, 4) is 0 Å². The highest BCUT2D eigenvalue weighted by Gasteiger charge is 2.29. The van der Waals surface area contributed by atoms with Crippen LogP contribution in [0.25, 0.3) is 0 Å². The Bertz CT molecular complexity index is 266. The van der Waals surface area contributed by atoms with Crippen LogP contribution >= 0.6 is 11.8 Å². The lowest BCUT2D eigenvalue weighted by Crippen LogP contribution is -2.50. The van der Waals surface area contributed by atoms with Crippen LogP contribution in [-0.2, 0) is 4.79 Å². The average molecular weight is 256 g/mol. The molecular weight excluding hydrogens is 232 g/mol. The smallest absolute Gasteiger partial charge is 0.239 e. The van der Waals surface area contributed by atoms with Crippen LogP contribution in [0, 0.1) is 0 Å². The molecule has 3 atom stereocenters. The predicted molar refractivity (Wildman–Crippen MR) is 73.4 cm³/mol. The maximum Gasteiger partial charge on any atom is 0.239 e. The minimum Gasteiger partial charge on any atom is -0.341 e. The van der Waals surface area contributed by atoms with Crippen LogP contribution in [0.4, 0.5) is 0 Å². The van der Waals surface area contributed by atoms with Crippen LogP contribution in [0.3, 0.4) is 0 Å². The number of rotatable bonds is 3. The summed E-state index contributed by atoms with van der Waals surface area (Å²) in [5, 5.41) is 4.16. The standard InChI is InChI=1S/C13H24N2OS/c1-10(14-12-6-9-17-11(12)2)13(16)15-7-4-3-5-8-15/h10-12,14H,3-9H2,1-2H3. The van der Waals surface area contributed by atoms with Gasteiger partial charge < -0.3 is 10.2 Å². The first-order valence-corrected chi connectivity index (χ1v) is 7.90. The van der Waals surface area contributed by atoms with Crippen molar-refractivity contribution < 1.29 is 4.79 Å². The predicted octanol–water partition coefficient (Wildman–Crippen LogP) is 1.87. The molecule has 17 heavy (non-hydrogen) atoms. The van der Waals surface area contributed by atoms with Crippen molar-refractivity contribution in [2.75, 3.05) is 18.8 Å². The van der Waals surface area contributed by atoms with Crippen molar-refractivity contribution in [1.29, 1.82) is 0 Å². The van der Waals surface area contributed by atoms with E-state index >= 15 is 0 Å². The molecule has 0 radical (unpaired) electrons. The fourth-order valence-corrected chi connectivity index (χ4v) is 3.94. The molecule has 2 fully saturated rings. The van der Waals surface area contributed by atoms with E-state index in [2.05, 4.69) is 12.2 Å². The molecule has 1 N–H and O–H groups in total. The number of nitrogens with zero attached hydrogens (tertiary/aromatic N) is 1. The molecule has 3 nitrogen and oxygen atoms in total. The van der Waals surface area contributed by atoms with Crippen LogP contribution in [0.15, 0.2) is 0 Å². The van der Waals surface area contributed by atoms with Crippen LogP contribution in [0.5, 0.6) is 0 Å². The molecule has 2 aliphatic heterocycles. The molecule has 0 aliphatic carbocycles. The zero-order valence-electron chi connectivity index (χ0n) is 10.9. The van der Waals surface area contributed by atoms with Gasteiger partial charge in [0.25, 0.3) is 0 Å². The Hall–Kier alpha value is -0.220. The van der Waals surface area contributed by atoms with Gasteiger partial charge in [0.2, 0.25) is 5.91 Å². The molecule has 0 aromatic carbocycles. The molecular formula is C13H24N2OS. The first kappa shape index (κ1) is 13.2. The van der Waals surface area contributed by atoms with E-state index in [0.717, 1.165) is 13.1 Å². The van der Waals surface area contributed by atoms with Crippen molar-refractivity contribution in [2.24, 2.45) is 0 Å². The maximum atomic E-state index is 12.2. The molecule has 0 bridgehead atoms. The van der Waals surface area contributed by atoms with Crippen LogP contribution in [-0.4, -0.2) is 47.0 Å². The second-order valence-electron chi connectivity index (χ2n) is 5.25. The third-order valence-electron chi connectivity index (χ3n) is 3.88.